The third-order valence-corrected chi connectivity index (χ3v) is 9.25. The van der Waals surface area contributed by atoms with E-state index in [2.05, 4.69) is 5.32 Å². The molecule has 2 amide bonds. The molecule has 35 heavy (non-hydrogen) atoms. The summed E-state index contributed by atoms with van der Waals surface area (Å²) in [6.07, 6.45) is 1.66. The Hall–Kier alpha value is -2.76. The van der Waals surface area contributed by atoms with Crippen molar-refractivity contribution in [1.29, 1.82) is 0 Å². The second kappa shape index (κ2) is 10.5. The van der Waals surface area contributed by atoms with E-state index in [4.69, 9.17) is 9.47 Å². The molecule has 1 atom stereocenters. The quantitative estimate of drug-likeness (QED) is 0.599. The Morgan fingerprint density at radius 2 is 1.74 bits per heavy atom. The average Bonchev–Trinajstić information content (AvgIpc) is 3.38. The maximum Gasteiger partial charge on any atom is 0.244 e. The van der Waals surface area contributed by atoms with Crippen LogP contribution in [0.5, 0.6) is 11.5 Å². The first kappa shape index (κ1) is 25.3. The highest BCUT2D eigenvalue weighted by Gasteiger charge is 2.33. The first-order chi connectivity index (χ1) is 16.7. The second-order valence-corrected chi connectivity index (χ2v) is 11.5. The molecule has 1 N–H and O–H groups in total. The number of carbonyl (C=O) groups is 2. The number of hydrogen-bond donors (Lipinski definition) is 1. The maximum absolute atomic E-state index is 13.2. The van der Waals surface area contributed by atoms with Crippen LogP contribution < -0.4 is 19.7 Å². The van der Waals surface area contributed by atoms with Crippen LogP contribution in [0.2, 0.25) is 0 Å². The van der Waals surface area contributed by atoms with Gasteiger partial charge in [0.25, 0.3) is 0 Å². The molecule has 2 aliphatic rings. The van der Waals surface area contributed by atoms with Gasteiger partial charge in [0.15, 0.2) is 0 Å². The van der Waals surface area contributed by atoms with Gasteiger partial charge in [0, 0.05) is 53.5 Å². The monoisotopic (exact) mass is 519 g/mol. The van der Waals surface area contributed by atoms with Gasteiger partial charge in [0.05, 0.1) is 24.8 Å². The lowest BCUT2D eigenvalue weighted by Gasteiger charge is -2.25. The zero-order valence-corrected chi connectivity index (χ0v) is 21.6. The van der Waals surface area contributed by atoms with Crippen LogP contribution in [-0.4, -0.2) is 64.1 Å². The van der Waals surface area contributed by atoms with Crippen LogP contribution in [0, 0.1) is 5.92 Å². The fraction of sp³-hybridized carbons (Fsp3) is 0.417. The Bertz CT molecular complexity index is 1210. The van der Waals surface area contributed by atoms with Gasteiger partial charge < -0.3 is 19.7 Å². The molecule has 1 fully saturated rings. The van der Waals surface area contributed by atoms with Crippen molar-refractivity contribution in [2.75, 3.05) is 49.8 Å². The van der Waals surface area contributed by atoms with Gasteiger partial charge in [0.1, 0.15) is 18.0 Å². The van der Waals surface area contributed by atoms with Crippen LogP contribution in [0.3, 0.4) is 0 Å². The molecule has 4 rings (SSSR count). The fourth-order valence-corrected chi connectivity index (χ4v) is 6.72. The summed E-state index contributed by atoms with van der Waals surface area (Å²) in [6.45, 7) is 2.52. The fourth-order valence-electron chi connectivity index (χ4n) is 4.13. The number of hydrogen-bond acceptors (Lipinski definition) is 7. The molecule has 188 valence electrons. The van der Waals surface area contributed by atoms with Gasteiger partial charge in [-0.05, 0) is 31.0 Å². The molecule has 0 spiro atoms. The minimum Gasteiger partial charge on any atom is -0.497 e. The minimum atomic E-state index is -3.67. The predicted molar refractivity (Wildman–Crippen MR) is 135 cm³/mol. The smallest absolute Gasteiger partial charge is 0.244 e. The number of ether oxygens (including phenoxy) is 2. The number of fused-ring (bicyclic) bond motifs is 1. The second-order valence-electron chi connectivity index (χ2n) is 8.53. The van der Waals surface area contributed by atoms with Crippen LogP contribution in [0.25, 0.3) is 0 Å². The Morgan fingerprint density at radius 3 is 2.37 bits per heavy atom. The van der Waals surface area contributed by atoms with E-state index in [0.29, 0.717) is 41.7 Å². The predicted octanol–water partition coefficient (Wildman–Crippen LogP) is 3.20. The minimum absolute atomic E-state index is 0.129. The first-order valence-electron chi connectivity index (χ1n) is 11.3. The van der Waals surface area contributed by atoms with E-state index in [0.717, 1.165) is 17.7 Å². The van der Waals surface area contributed by atoms with Crippen molar-refractivity contribution in [3.63, 3.8) is 0 Å². The van der Waals surface area contributed by atoms with E-state index >= 15 is 0 Å². The number of anilines is 2. The summed E-state index contributed by atoms with van der Waals surface area (Å²) in [6, 6.07) is 9.82. The average molecular weight is 520 g/mol. The number of nitrogens with zero attached hydrogens (tertiary/aromatic N) is 2. The van der Waals surface area contributed by atoms with Crippen LogP contribution in [-0.2, 0) is 19.6 Å². The number of methoxy groups -OCH3 is 2. The summed E-state index contributed by atoms with van der Waals surface area (Å²) in [5.74, 6) is 0.567. The Balaban J connectivity index is 1.64. The highest BCUT2D eigenvalue weighted by molar-refractivity contribution is 7.99. The molecule has 0 aromatic heterocycles. The van der Waals surface area contributed by atoms with Crippen LogP contribution in [0.4, 0.5) is 11.4 Å². The molecule has 0 bridgehead atoms. The largest absolute Gasteiger partial charge is 0.497 e. The van der Waals surface area contributed by atoms with Gasteiger partial charge in [-0.15, -0.1) is 11.8 Å². The summed E-state index contributed by atoms with van der Waals surface area (Å²) in [4.78, 5) is 28.5. The highest BCUT2D eigenvalue weighted by Crippen LogP contribution is 2.38. The molecule has 0 unspecified atom stereocenters. The maximum atomic E-state index is 13.2. The van der Waals surface area contributed by atoms with E-state index < -0.39 is 15.9 Å². The number of sulfonamides is 1. The van der Waals surface area contributed by atoms with Crippen molar-refractivity contribution in [2.45, 2.75) is 29.6 Å². The number of carbonyl (C=O) groups excluding carboxylic acids is 2. The summed E-state index contributed by atoms with van der Waals surface area (Å²) >= 11 is 1.48. The Morgan fingerprint density at radius 1 is 1.09 bits per heavy atom. The lowest BCUT2D eigenvalue weighted by molar-refractivity contribution is -0.123. The Kier molecular flexibility index (Phi) is 7.58. The van der Waals surface area contributed by atoms with E-state index in [1.165, 1.54) is 41.3 Å². The van der Waals surface area contributed by atoms with Gasteiger partial charge in [-0.1, -0.05) is 6.92 Å². The first-order valence-corrected chi connectivity index (χ1v) is 13.8. The molecule has 2 aromatic rings. The highest BCUT2D eigenvalue weighted by atomic mass is 32.2. The zero-order chi connectivity index (χ0) is 25.2. The van der Waals surface area contributed by atoms with Crippen LogP contribution >= 0.6 is 11.8 Å². The summed E-state index contributed by atoms with van der Waals surface area (Å²) in [7, 11) is -0.645. The molecule has 0 aliphatic carbocycles. The van der Waals surface area contributed by atoms with Gasteiger partial charge in [0.2, 0.25) is 21.8 Å². The normalized spacial score (nSPS) is 18.7. The van der Waals surface area contributed by atoms with Crippen LogP contribution in [0.1, 0.15) is 19.8 Å². The van der Waals surface area contributed by atoms with Crippen molar-refractivity contribution in [3.05, 3.63) is 36.4 Å². The van der Waals surface area contributed by atoms with Gasteiger partial charge >= 0.3 is 0 Å². The van der Waals surface area contributed by atoms with Gasteiger partial charge in [-0.2, -0.15) is 4.31 Å². The molecule has 0 radical (unpaired) electrons. The van der Waals surface area contributed by atoms with Gasteiger partial charge in [-0.25, -0.2) is 8.42 Å². The molecule has 9 nitrogen and oxygen atoms in total. The van der Waals surface area contributed by atoms with E-state index in [9.17, 15) is 18.0 Å². The van der Waals surface area contributed by atoms with Crippen molar-refractivity contribution < 1.29 is 27.5 Å². The number of thioether (sulfide) groups is 1. The number of rotatable bonds is 7. The lowest BCUT2D eigenvalue weighted by atomic mass is 10.1. The number of nitrogens with one attached hydrogen (secondary N) is 1. The zero-order valence-electron chi connectivity index (χ0n) is 19.9. The molecular formula is C24H29N3O6S2. The third-order valence-electron chi connectivity index (χ3n) is 6.04. The molecular weight excluding hydrogens is 490 g/mol. The van der Waals surface area contributed by atoms with E-state index in [-0.39, 0.29) is 23.3 Å². The molecule has 1 saturated heterocycles. The third kappa shape index (κ3) is 5.41. The molecule has 2 aliphatic heterocycles. The topological polar surface area (TPSA) is 105 Å². The van der Waals surface area contributed by atoms with Gasteiger partial charge in [-0.3, -0.25) is 9.59 Å². The number of benzene rings is 2. The summed E-state index contributed by atoms with van der Waals surface area (Å²) < 4.78 is 38.3. The molecule has 11 heteroatoms. The van der Waals surface area contributed by atoms with Crippen molar-refractivity contribution in [3.8, 4) is 11.5 Å². The summed E-state index contributed by atoms with van der Waals surface area (Å²) in [5.41, 5.74) is 0.893. The van der Waals surface area contributed by atoms with Crippen molar-refractivity contribution in [1.82, 2.24) is 4.31 Å². The van der Waals surface area contributed by atoms with Crippen molar-refractivity contribution in [2.24, 2.45) is 5.92 Å². The Labute approximate surface area is 209 Å². The van der Waals surface area contributed by atoms with Crippen LogP contribution in [0.15, 0.2) is 46.2 Å². The summed E-state index contributed by atoms with van der Waals surface area (Å²) in [5, 5.41) is 2.79. The molecule has 2 heterocycles. The molecule has 0 saturated carbocycles. The van der Waals surface area contributed by atoms with E-state index in [1.54, 1.807) is 37.3 Å². The SMILES string of the molecule is COc1cc(NC(=O)CN2C(=O)[C@@H](C)CSc3ccc(S(=O)(=O)N4CCCC4)cc32)cc(OC)c1. The lowest BCUT2D eigenvalue weighted by Crippen LogP contribution is -2.41. The molecule has 2 aromatic carbocycles. The standard InChI is InChI=1S/C24H29N3O6S2/c1-16-15-34-22-7-6-20(35(30,31)26-8-4-5-9-26)13-21(22)27(24(16)29)14-23(28)25-17-10-18(32-2)12-19(11-17)33-3/h6-7,10-13,16H,4-5,8-9,14-15H2,1-3H3,(H,25,28)/t16-/m0/s1. The van der Waals surface area contributed by atoms with E-state index in [1.807, 2.05) is 0 Å². The van der Waals surface area contributed by atoms with Crippen molar-refractivity contribution >= 4 is 45.0 Å². The number of amides is 2.